The van der Waals surface area contributed by atoms with Crippen LogP contribution in [0.25, 0.3) is 11.1 Å². The van der Waals surface area contributed by atoms with Crippen LogP contribution >= 0.6 is 0 Å². The number of esters is 1. The highest BCUT2D eigenvalue weighted by Crippen LogP contribution is 2.46. The molecule has 6 nitrogen and oxygen atoms in total. The number of ether oxygens (including phenoxy) is 4. The lowest BCUT2D eigenvalue weighted by Crippen LogP contribution is -2.07. The first kappa shape index (κ1) is 19.0. The van der Waals surface area contributed by atoms with Gasteiger partial charge in [0, 0.05) is 24.3 Å². The molecule has 0 saturated heterocycles. The molecule has 1 aliphatic heterocycles. The van der Waals surface area contributed by atoms with Gasteiger partial charge in [-0.05, 0) is 31.7 Å². The molecule has 0 amide bonds. The summed E-state index contributed by atoms with van der Waals surface area (Å²) in [6, 6.07) is 9.44. The van der Waals surface area contributed by atoms with Gasteiger partial charge in [-0.2, -0.15) is 5.26 Å². The summed E-state index contributed by atoms with van der Waals surface area (Å²) < 4.78 is 22.4. The third kappa shape index (κ3) is 4.15. The largest absolute Gasteiger partial charge is 0.493 e. The predicted octanol–water partition coefficient (Wildman–Crippen LogP) is 3.80. The molecule has 0 aromatic carbocycles. The van der Waals surface area contributed by atoms with Crippen LogP contribution in [0.1, 0.15) is 41.6 Å². The number of hydrogen-bond acceptors (Lipinski definition) is 6. The number of nitriles is 1. The van der Waals surface area contributed by atoms with Crippen LogP contribution in [-0.4, -0.2) is 39.5 Å². The number of nitrogens with zero attached hydrogens (tertiary/aromatic N) is 1. The lowest BCUT2D eigenvalue weighted by molar-refractivity contribution is 0.0597. The standard InChI is InChI=1S/C21H23NO5/c1-24-21(23)19-15-8-2-3-9-17-18(15)16(14-22)20(19)27-13-7-5-11-25-10-4-6-12-26-17/h2-3,8-9H,4-7,10-13H2,1H3. The van der Waals surface area contributed by atoms with Gasteiger partial charge in [0.25, 0.3) is 0 Å². The molecule has 0 fully saturated rings. The summed E-state index contributed by atoms with van der Waals surface area (Å²) in [4.78, 5) is 12.5. The van der Waals surface area contributed by atoms with Crippen LogP contribution in [0.5, 0.6) is 11.5 Å². The van der Waals surface area contributed by atoms with E-state index in [0.717, 1.165) is 25.7 Å². The second kappa shape index (κ2) is 9.24. The minimum absolute atomic E-state index is 0.270. The van der Waals surface area contributed by atoms with E-state index in [1.165, 1.54) is 7.11 Å². The average Bonchev–Trinajstić information content (AvgIpc) is 2.84. The molecule has 0 aromatic rings. The molecule has 3 rings (SSSR count). The van der Waals surface area contributed by atoms with Crippen LogP contribution in [0, 0.1) is 11.3 Å². The minimum atomic E-state index is -0.530. The summed E-state index contributed by atoms with van der Waals surface area (Å²) in [7, 11) is 1.32. The number of carbonyl (C=O) groups is 1. The quantitative estimate of drug-likeness (QED) is 0.712. The minimum Gasteiger partial charge on any atom is -0.493 e. The SMILES string of the molecule is COC(=O)c1c2ccccc3c-2c(C#N)c1OCCCCOCCCCO3. The Hall–Kier alpha value is -2.78. The van der Waals surface area contributed by atoms with E-state index in [0.29, 0.717) is 48.9 Å². The first-order chi connectivity index (χ1) is 13.3. The molecule has 0 atom stereocenters. The van der Waals surface area contributed by atoms with E-state index in [9.17, 15) is 10.1 Å². The zero-order chi connectivity index (χ0) is 19.1. The highest BCUT2D eigenvalue weighted by molar-refractivity contribution is 6.06. The second-order valence-corrected chi connectivity index (χ2v) is 6.28. The summed E-state index contributed by atoms with van der Waals surface area (Å²) in [5.41, 5.74) is 1.77. The molecular weight excluding hydrogens is 346 g/mol. The first-order valence-corrected chi connectivity index (χ1v) is 9.18. The van der Waals surface area contributed by atoms with Crippen molar-refractivity contribution in [3.05, 3.63) is 35.4 Å². The molecule has 2 bridgehead atoms. The van der Waals surface area contributed by atoms with Crippen molar-refractivity contribution in [3.63, 3.8) is 0 Å². The predicted molar refractivity (Wildman–Crippen MR) is 99.4 cm³/mol. The Balaban J connectivity index is 2.13. The maximum Gasteiger partial charge on any atom is 0.342 e. The van der Waals surface area contributed by atoms with Gasteiger partial charge < -0.3 is 18.9 Å². The average molecular weight is 369 g/mol. The number of methoxy groups -OCH3 is 1. The molecule has 0 spiro atoms. The van der Waals surface area contributed by atoms with Crippen LogP contribution in [0.4, 0.5) is 0 Å². The highest BCUT2D eigenvalue weighted by atomic mass is 16.5. The number of carbonyl (C=O) groups excluding carboxylic acids is 1. The molecule has 0 saturated carbocycles. The van der Waals surface area contributed by atoms with Crippen molar-refractivity contribution in [1.29, 1.82) is 5.26 Å². The van der Waals surface area contributed by atoms with E-state index in [1.54, 1.807) is 6.07 Å². The van der Waals surface area contributed by atoms with Crippen molar-refractivity contribution in [2.75, 3.05) is 33.5 Å². The van der Waals surface area contributed by atoms with Crippen LogP contribution < -0.4 is 9.47 Å². The molecular formula is C21H23NO5. The number of rotatable bonds is 1. The van der Waals surface area contributed by atoms with E-state index < -0.39 is 5.97 Å². The van der Waals surface area contributed by atoms with Gasteiger partial charge in [-0.3, -0.25) is 0 Å². The summed E-state index contributed by atoms with van der Waals surface area (Å²) in [5, 5.41) is 9.82. The fraction of sp³-hybridized carbons (Fsp3) is 0.429. The summed E-state index contributed by atoms with van der Waals surface area (Å²) in [5.74, 6) is 0.298. The zero-order valence-electron chi connectivity index (χ0n) is 15.5. The maximum atomic E-state index is 12.5. The summed E-state index contributed by atoms with van der Waals surface area (Å²) >= 11 is 0. The van der Waals surface area contributed by atoms with E-state index >= 15 is 0 Å². The zero-order valence-corrected chi connectivity index (χ0v) is 15.5. The van der Waals surface area contributed by atoms with Crippen molar-refractivity contribution >= 4 is 5.97 Å². The first-order valence-electron chi connectivity index (χ1n) is 9.18. The van der Waals surface area contributed by atoms with E-state index in [2.05, 4.69) is 6.07 Å². The molecule has 0 unspecified atom stereocenters. The Labute approximate surface area is 158 Å². The van der Waals surface area contributed by atoms with Crippen LogP contribution in [0.15, 0.2) is 24.3 Å². The Morgan fingerprint density at radius 1 is 1.04 bits per heavy atom. The van der Waals surface area contributed by atoms with Crippen molar-refractivity contribution in [3.8, 4) is 28.7 Å². The van der Waals surface area contributed by atoms with Gasteiger partial charge in [-0.1, -0.05) is 18.2 Å². The van der Waals surface area contributed by atoms with E-state index in [-0.39, 0.29) is 11.3 Å². The fourth-order valence-electron chi connectivity index (χ4n) is 3.17. The van der Waals surface area contributed by atoms with Crippen LogP contribution in [-0.2, 0) is 9.47 Å². The Morgan fingerprint density at radius 2 is 1.70 bits per heavy atom. The Morgan fingerprint density at radius 3 is 2.41 bits per heavy atom. The van der Waals surface area contributed by atoms with Gasteiger partial charge in [0.1, 0.15) is 22.9 Å². The maximum absolute atomic E-state index is 12.5. The molecule has 6 heteroatoms. The van der Waals surface area contributed by atoms with Gasteiger partial charge in [-0.15, -0.1) is 0 Å². The molecule has 0 aromatic heterocycles. The van der Waals surface area contributed by atoms with Crippen molar-refractivity contribution in [2.24, 2.45) is 0 Å². The summed E-state index contributed by atoms with van der Waals surface area (Å²) in [6.07, 6.45) is 3.37. The molecule has 3 aliphatic rings. The summed E-state index contributed by atoms with van der Waals surface area (Å²) in [6.45, 7) is 2.26. The molecule has 142 valence electrons. The van der Waals surface area contributed by atoms with E-state index in [1.807, 2.05) is 18.2 Å². The molecule has 2 aliphatic carbocycles. The van der Waals surface area contributed by atoms with Gasteiger partial charge in [0.05, 0.1) is 20.3 Å². The van der Waals surface area contributed by atoms with Crippen LogP contribution in [0.3, 0.4) is 0 Å². The van der Waals surface area contributed by atoms with Gasteiger partial charge in [-0.25, -0.2) is 4.79 Å². The molecule has 0 N–H and O–H groups in total. The normalized spacial score (nSPS) is 15.7. The van der Waals surface area contributed by atoms with Crippen molar-refractivity contribution in [2.45, 2.75) is 25.7 Å². The smallest absolute Gasteiger partial charge is 0.342 e. The van der Waals surface area contributed by atoms with Crippen molar-refractivity contribution < 1.29 is 23.7 Å². The van der Waals surface area contributed by atoms with Gasteiger partial charge in [0.2, 0.25) is 0 Å². The molecule has 0 radical (unpaired) electrons. The molecule has 1 heterocycles. The topological polar surface area (TPSA) is 77.8 Å². The van der Waals surface area contributed by atoms with Crippen molar-refractivity contribution in [1.82, 2.24) is 0 Å². The Kier molecular flexibility index (Phi) is 6.50. The van der Waals surface area contributed by atoms with E-state index in [4.69, 9.17) is 18.9 Å². The highest BCUT2D eigenvalue weighted by Gasteiger charge is 2.31. The second-order valence-electron chi connectivity index (χ2n) is 6.28. The van der Waals surface area contributed by atoms with Gasteiger partial charge >= 0.3 is 5.97 Å². The fourth-order valence-corrected chi connectivity index (χ4v) is 3.17. The van der Waals surface area contributed by atoms with Crippen LogP contribution in [0.2, 0.25) is 0 Å². The number of fused-ring (bicyclic) bond motifs is 1. The monoisotopic (exact) mass is 369 g/mol. The Bertz CT molecular complexity index is 811. The third-order valence-electron chi connectivity index (χ3n) is 4.48. The third-order valence-corrected chi connectivity index (χ3v) is 4.48. The lowest BCUT2D eigenvalue weighted by atomic mass is 10.1. The lowest BCUT2D eigenvalue weighted by Gasteiger charge is -2.09. The number of hydrogen-bond donors (Lipinski definition) is 0. The molecule has 27 heavy (non-hydrogen) atoms. The van der Waals surface area contributed by atoms with Gasteiger partial charge in [0.15, 0.2) is 5.75 Å².